The summed E-state index contributed by atoms with van der Waals surface area (Å²) in [6.45, 7) is 7.11. The van der Waals surface area contributed by atoms with Crippen LogP contribution in [0.4, 0.5) is 0 Å². The quantitative estimate of drug-likeness (QED) is 0.838. The zero-order valence-electron chi connectivity index (χ0n) is 11.5. The summed E-state index contributed by atoms with van der Waals surface area (Å²) < 4.78 is 5.54. The topological polar surface area (TPSA) is 49.8 Å². The highest BCUT2D eigenvalue weighted by Gasteiger charge is 2.32. The second-order valence-corrected chi connectivity index (χ2v) is 6.01. The maximum Gasteiger partial charge on any atom is 0.306 e. The van der Waals surface area contributed by atoms with Crippen LogP contribution in [-0.4, -0.2) is 47.8 Å². The zero-order chi connectivity index (χ0) is 13.1. The van der Waals surface area contributed by atoms with Gasteiger partial charge in [-0.15, -0.1) is 0 Å². The lowest BCUT2D eigenvalue weighted by Gasteiger charge is -2.42. The minimum absolute atomic E-state index is 0.120. The number of nitrogens with zero attached hydrogens (tertiary/aromatic N) is 1. The van der Waals surface area contributed by atoms with E-state index >= 15 is 0 Å². The first-order valence-corrected chi connectivity index (χ1v) is 7.13. The van der Waals surface area contributed by atoms with Gasteiger partial charge in [0.25, 0.3) is 0 Å². The molecule has 0 aromatic rings. The summed E-state index contributed by atoms with van der Waals surface area (Å²) >= 11 is 0. The summed E-state index contributed by atoms with van der Waals surface area (Å²) in [4.78, 5) is 13.2. The molecule has 0 bridgehead atoms. The first kappa shape index (κ1) is 13.8. The van der Waals surface area contributed by atoms with Gasteiger partial charge in [-0.1, -0.05) is 13.8 Å². The number of carbonyl (C=O) groups is 1. The maximum atomic E-state index is 10.7. The minimum Gasteiger partial charge on any atom is -0.481 e. The van der Waals surface area contributed by atoms with E-state index in [2.05, 4.69) is 18.7 Å². The molecule has 4 nitrogen and oxygen atoms in total. The summed E-state index contributed by atoms with van der Waals surface area (Å²) in [5, 5.41) is 8.84. The molecule has 1 aliphatic carbocycles. The van der Waals surface area contributed by atoms with Gasteiger partial charge in [-0.05, 0) is 31.1 Å². The van der Waals surface area contributed by atoms with E-state index in [9.17, 15) is 4.79 Å². The number of ether oxygens (including phenoxy) is 1. The van der Waals surface area contributed by atoms with E-state index in [1.165, 1.54) is 19.3 Å². The van der Waals surface area contributed by atoms with Crippen molar-refractivity contribution in [1.82, 2.24) is 4.90 Å². The molecule has 0 radical (unpaired) electrons. The normalized spacial score (nSPS) is 38.6. The molecule has 1 heterocycles. The van der Waals surface area contributed by atoms with E-state index in [4.69, 9.17) is 9.84 Å². The summed E-state index contributed by atoms with van der Waals surface area (Å²) in [5.74, 6) is 0.856. The Hall–Kier alpha value is -0.610. The Bertz CT molecular complexity index is 295. The molecule has 0 spiro atoms. The lowest BCUT2D eigenvalue weighted by molar-refractivity contribution is -0.142. The van der Waals surface area contributed by atoms with Gasteiger partial charge in [0, 0.05) is 19.1 Å². The van der Waals surface area contributed by atoms with Crippen molar-refractivity contribution in [3.05, 3.63) is 0 Å². The fourth-order valence-electron chi connectivity index (χ4n) is 3.24. The van der Waals surface area contributed by atoms with Crippen molar-refractivity contribution >= 4 is 5.97 Å². The molecule has 0 aromatic heterocycles. The van der Waals surface area contributed by atoms with E-state index in [0.717, 1.165) is 24.9 Å². The molecule has 4 atom stereocenters. The van der Waals surface area contributed by atoms with E-state index in [0.29, 0.717) is 12.6 Å². The molecule has 4 heteroatoms. The molecule has 4 unspecified atom stereocenters. The first-order valence-electron chi connectivity index (χ1n) is 7.13. The molecule has 2 aliphatic rings. The number of hydrogen-bond donors (Lipinski definition) is 1. The Kier molecular flexibility index (Phi) is 4.62. The number of morpholine rings is 1. The molecule has 0 amide bonds. The van der Waals surface area contributed by atoms with E-state index < -0.39 is 5.97 Å². The number of carboxylic acids is 1. The predicted molar refractivity (Wildman–Crippen MR) is 69.5 cm³/mol. The molecule has 1 aliphatic heterocycles. The van der Waals surface area contributed by atoms with Gasteiger partial charge >= 0.3 is 5.97 Å². The van der Waals surface area contributed by atoms with Crippen LogP contribution in [0.2, 0.25) is 0 Å². The highest BCUT2D eigenvalue weighted by Crippen LogP contribution is 2.32. The molecule has 18 heavy (non-hydrogen) atoms. The fourth-order valence-corrected chi connectivity index (χ4v) is 3.24. The number of rotatable bonds is 3. The molecule has 1 N–H and O–H groups in total. The van der Waals surface area contributed by atoms with Crippen molar-refractivity contribution in [3.8, 4) is 0 Å². The molecule has 1 saturated carbocycles. The van der Waals surface area contributed by atoms with Crippen LogP contribution >= 0.6 is 0 Å². The summed E-state index contributed by atoms with van der Waals surface area (Å²) in [7, 11) is 0. The van der Waals surface area contributed by atoms with Crippen LogP contribution in [0.3, 0.4) is 0 Å². The zero-order valence-corrected chi connectivity index (χ0v) is 11.5. The average molecular weight is 255 g/mol. The van der Waals surface area contributed by atoms with Crippen LogP contribution in [0.25, 0.3) is 0 Å². The van der Waals surface area contributed by atoms with Crippen LogP contribution in [0.15, 0.2) is 0 Å². The largest absolute Gasteiger partial charge is 0.481 e. The van der Waals surface area contributed by atoms with Gasteiger partial charge in [0.05, 0.1) is 19.1 Å². The predicted octanol–water partition coefficient (Wildman–Crippen LogP) is 1.99. The second kappa shape index (κ2) is 6.02. The maximum absolute atomic E-state index is 10.7. The van der Waals surface area contributed by atoms with Crippen LogP contribution < -0.4 is 0 Å². The lowest BCUT2D eigenvalue weighted by atomic mass is 9.78. The number of carboxylic acid groups (broad SMARTS) is 1. The summed E-state index contributed by atoms with van der Waals surface area (Å²) in [5.41, 5.74) is 0. The monoisotopic (exact) mass is 255 g/mol. The van der Waals surface area contributed by atoms with Gasteiger partial charge in [-0.2, -0.15) is 0 Å². The average Bonchev–Trinajstić information content (AvgIpc) is 2.32. The Labute approximate surface area is 109 Å². The summed E-state index contributed by atoms with van der Waals surface area (Å²) in [6.07, 6.45) is 3.82. The molecule has 2 rings (SSSR count). The van der Waals surface area contributed by atoms with Gasteiger partial charge in [-0.25, -0.2) is 0 Å². The first-order chi connectivity index (χ1) is 8.56. The minimum atomic E-state index is -0.757. The third-order valence-electron chi connectivity index (χ3n) is 4.66. The van der Waals surface area contributed by atoms with Crippen LogP contribution in [0, 0.1) is 11.8 Å². The smallest absolute Gasteiger partial charge is 0.306 e. The van der Waals surface area contributed by atoms with Crippen LogP contribution in [0.5, 0.6) is 0 Å². The Morgan fingerprint density at radius 1 is 1.33 bits per heavy atom. The summed E-state index contributed by atoms with van der Waals surface area (Å²) in [6, 6.07) is 0.636. The van der Waals surface area contributed by atoms with E-state index in [1.807, 2.05) is 0 Å². The van der Waals surface area contributed by atoms with Crippen LogP contribution in [-0.2, 0) is 9.53 Å². The van der Waals surface area contributed by atoms with Gasteiger partial charge in [0.15, 0.2) is 0 Å². The van der Waals surface area contributed by atoms with Crippen LogP contribution in [0.1, 0.15) is 39.5 Å². The number of aliphatic carboxylic acids is 1. The Balaban J connectivity index is 1.86. The lowest BCUT2D eigenvalue weighted by Crippen LogP contribution is -2.50. The molecule has 1 saturated heterocycles. The van der Waals surface area contributed by atoms with Gasteiger partial charge < -0.3 is 9.84 Å². The molecule has 0 aromatic carbocycles. The molecule has 2 fully saturated rings. The van der Waals surface area contributed by atoms with Crippen molar-refractivity contribution in [2.24, 2.45) is 11.8 Å². The van der Waals surface area contributed by atoms with Crippen molar-refractivity contribution in [2.75, 3.05) is 19.7 Å². The SMILES string of the molecule is CC1CCC(N2CCOC(CC(=O)O)C2)CC1C. The Morgan fingerprint density at radius 2 is 2.11 bits per heavy atom. The third-order valence-corrected chi connectivity index (χ3v) is 4.66. The number of hydrogen-bond acceptors (Lipinski definition) is 3. The standard InChI is InChI=1S/C14H25NO3/c1-10-3-4-12(7-11(10)2)15-5-6-18-13(9-15)8-14(16)17/h10-13H,3-9H2,1-2H3,(H,16,17). The van der Waals surface area contributed by atoms with Crippen molar-refractivity contribution in [3.63, 3.8) is 0 Å². The molecular weight excluding hydrogens is 230 g/mol. The van der Waals surface area contributed by atoms with Crippen molar-refractivity contribution in [1.29, 1.82) is 0 Å². The highest BCUT2D eigenvalue weighted by molar-refractivity contribution is 5.67. The van der Waals surface area contributed by atoms with Crippen molar-refractivity contribution in [2.45, 2.75) is 51.7 Å². The Morgan fingerprint density at radius 3 is 2.78 bits per heavy atom. The van der Waals surface area contributed by atoms with E-state index in [1.54, 1.807) is 0 Å². The van der Waals surface area contributed by atoms with Crippen molar-refractivity contribution < 1.29 is 14.6 Å². The molecular formula is C14H25NO3. The van der Waals surface area contributed by atoms with E-state index in [-0.39, 0.29) is 12.5 Å². The van der Waals surface area contributed by atoms with Gasteiger partial charge in [0.2, 0.25) is 0 Å². The fraction of sp³-hybridized carbons (Fsp3) is 0.929. The van der Waals surface area contributed by atoms with Gasteiger partial charge in [-0.3, -0.25) is 9.69 Å². The highest BCUT2D eigenvalue weighted by atomic mass is 16.5. The van der Waals surface area contributed by atoms with Gasteiger partial charge in [0.1, 0.15) is 0 Å². The third kappa shape index (κ3) is 3.45. The second-order valence-electron chi connectivity index (χ2n) is 6.01. The molecule has 104 valence electrons.